The van der Waals surface area contributed by atoms with E-state index in [1.54, 1.807) is 18.2 Å². The monoisotopic (exact) mass is 439 g/mol. The van der Waals surface area contributed by atoms with Crippen LogP contribution in [-0.2, 0) is 0 Å². The van der Waals surface area contributed by atoms with Gasteiger partial charge in [0.15, 0.2) is 17.3 Å². The highest BCUT2D eigenvalue weighted by molar-refractivity contribution is 7.17. The molecule has 2 heterocycles. The third-order valence-electron chi connectivity index (χ3n) is 4.74. The van der Waals surface area contributed by atoms with Gasteiger partial charge in [0.25, 0.3) is 5.91 Å². The zero-order chi connectivity index (χ0) is 22.0. The Morgan fingerprint density at radius 2 is 1.97 bits per heavy atom. The van der Waals surface area contributed by atoms with Crippen LogP contribution in [0.2, 0.25) is 0 Å². The van der Waals surface area contributed by atoms with Gasteiger partial charge < -0.3 is 19.8 Å². The number of hydrogen-bond acceptors (Lipinski definition) is 6. The maximum absolute atomic E-state index is 13.9. The van der Waals surface area contributed by atoms with E-state index < -0.39 is 5.91 Å². The highest BCUT2D eigenvalue weighted by atomic mass is 32.1. The Morgan fingerprint density at radius 3 is 2.74 bits per heavy atom. The van der Waals surface area contributed by atoms with E-state index in [1.165, 1.54) is 43.9 Å². The first kappa shape index (κ1) is 20.5. The van der Waals surface area contributed by atoms with Gasteiger partial charge in [0, 0.05) is 21.9 Å². The van der Waals surface area contributed by atoms with Crippen LogP contribution >= 0.6 is 11.3 Å². The Hall–Kier alpha value is -3.72. The molecule has 9 heteroatoms. The van der Waals surface area contributed by atoms with Crippen LogP contribution in [0.3, 0.4) is 0 Å². The summed E-state index contributed by atoms with van der Waals surface area (Å²) in [5.74, 6) is -0.0809. The number of fused-ring (bicyclic) bond motifs is 1. The minimum atomic E-state index is -0.430. The summed E-state index contributed by atoms with van der Waals surface area (Å²) in [6, 6.07) is 9.58. The van der Waals surface area contributed by atoms with Crippen molar-refractivity contribution < 1.29 is 23.5 Å². The van der Waals surface area contributed by atoms with Gasteiger partial charge in [-0.3, -0.25) is 9.59 Å². The number of aromatic nitrogens is 2. The van der Waals surface area contributed by atoms with E-state index in [0.29, 0.717) is 27.5 Å². The van der Waals surface area contributed by atoms with Crippen molar-refractivity contribution in [3.8, 4) is 22.8 Å². The summed E-state index contributed by atoms with van der Waals surface area (Å²) in [4.78, 5) is 32.0. The molecule has 0 bridgehead atoms. The molecule has 0 aliphatic carbocycles. The molecule has 0 spiro atoms. The standard InChI is InChI=1S/C22H18FN3O4S/c1-29-18-7-6-12(8-19(18)30-2)22(28)25-10-17(27)21-24-9-16(26-21)14-11-31-20-13(14)4-3-5-15(20)23/h3-9,11H,10H2,1-2H3,(H,24,26)(H,25,28). The Kier molecular flexibility index (Phi) is 5.68. The fourth-order valence-corrected chi connectivity index (χ4v) is 4.13. The molecule has 4 aromatic rings. The SMILES string of the molecule is COc1ccc(C(=O)NCC(=O)c2ncc(-c3csc4c(F)cccc34)[nH]2)cc1OC. The molecule has 1 amide bonds. The maximum Gasteiger partial charge on any atom is 0.251 e. The van der Waals surface area contributed by atoms with E-state index in [2.05, 4.69) is 15.3 Å². The number of Topliss-reactive ketones (excluding diaryl/α,β-unsaturated/α-hetero) is 1. The average Bonchev–Trinajstić information content (AvgIpc) is 3.44. The summed E-state index contributed by atoms with van der Waals surface area (Å²) in [7, 11) is 2.98. The second-order valence-corrected chi connectivity index (χ2v) is 7.47. The van der Waals surface area contributed by atoms with Crippen LogP contribution in [-0.4, -0.2) is 42.4 Å². The minimum absolute atomic E-state index is 0.110. The fraction of sp³-hybridized carbons (Fsp3) is 0.136. The zero-order valence-corrected chi connectivity index (χ0v) is 17.5. The number of ether oxygens (including phenoxy) is 2. The first-order valence-corrected chi connectivity index (χ1v) is 10.1. The van der Waals surface area contributed by atoms with Crippen LogP contribution < -0.4 is 14.8 Å². The number of ketones is 1. The molecule has 0 atom stereocenters. The number of nitrogens with one attached hydrogen (secondary N) is 2. The minimum Gasteiger partial charge on any atom is -0.493 e. The Morgan fingerprint density at radius 1 is 1.16 bits per heavy atom. The topological polar surface area (TPSA) is 93.3 Å². The van der Waals surface area contributed by atoms with Crippen molar-refractivity contribution in [2.45, 2.75) is 0 Å². The maximum atomic E-state index is 13.9. The van der Waals surface area contributed by atoms with Crippen LogP contribution in [0.5, 0.6) is 11.5 Å². The van der Waals surface area contributed by atoms with Crippen LogP contribution in [0.1, 0.15) is 21.0 Å². The largest absolute Gasteiger partial charge is 0.493 e. The third kappa shape index (κ3) is 3.99. The number of aromatic amines is 1. The first-order valence-electron chi connectivity index (χ1n) is 9.26. The number of methoxy groups -OCH3 is 2. The predicted molar refractivity (Wildman–Crippen MR) is 116 cm³/mol. The average molecular weight is 439 g/mol. The molecule has 2 aromatic carbocycles. The van der Waals surface area contributed by atoms with Crippen molar-refractivity contribution in [3.63, 3.8) is 0 Å². The number of carbonyl (C=O) groups is 2. The summed E-state index contributed by atoms with van der Waals surface area (Å²) >= 11 is 1.29. The van der Waals surface area contributed by atoms with E-state index in [0.717, 1.165) is 10.9 Å². The summed E-state index contributed by atoms with van der Waals surface area (Å²) < 4.78 is 24.8. The lowest BCUT2D eigenvalue weighted by Crippen LogP contribution is -2.30. The highest BCUT2D eigenvalue weighted by Gasteiger charge is 2.17. The van der Waals surface area contributed by atoms with E-state index in [9.17, 15) is 14.0 Å². The molecule has 158 valence electrons. The first-order chi connectivity index (χ1) is 15.0. The van der Waals surface area contributed by atoms with E-state index in [4.69, 9.17) is 9.47 Å². The van der Waals surface area contributed by atoms with Crippen LogP contribution in [0.4, 0.5) is 4.39 Å². The number of thiophene rings is 1. The molecule has 4 rings (SSSR count). The molecule has 2 aromatic heterocycles. The molecule has 0 radical (unpaired) electrons. The fourth-order valence-electron chi connectivity index (χ4n) is 3.15. The molecule has 0 aliphatic heterocycles. The second kappa shape index (κ2) is 8.57. The Bertz CT molecular complexity index is 1280. The van der Waals surface area contributed by atoms with Gasteiger partial charge in [-0.25, -0.2) is 9.37 Å². The normalized spacial score (nSPS) is 10.8. The molecule has 0 saturated heterocycles. The molecule has 7 nitrogen and oxygen atoms in total. The Labute approximate surface area is 180 Å². The third-order valence-corrected chi connectivity index (χ3v) is 5.74. The van der Waals surface area contributed by atoms with E-state index in [1.807, 2.05) is 11.4 Å². The van der Waals surface area contributed by atoms with Crippen molar-refractivity contribution in [3.05, 3.63) is 65.2 Å². The van der Waals surface area contributed by atoms with Gasteiger partial charge in [-0.15, -0.1) is 11.3 Å². The molecule has 0 saturated carbocycles. The molecule has 31 heavy (non-hydrogen) atoms. The quantitative estimate of drug-likeness (QED) is 0.424. The molecular weight excluding hydrogens is 421 g/mol. The number of benzene rings is 2. The molecule has 2 N–H and O–H groups in total. The Balaban J connectivity index is 1.46. The van der Waals surface area contributed by atoms with Gasteiger partial charge in [0.1, 0.15) is 5.82 Å². The van der Waals surface area contributed by atoms with Crippen LogP contribution in [0, 0.1) is 5.82 Å². The number of imidazole rings is 1. The van der Waals surface area contributed by atoms with Crippen molar-refractivity contribution in [2.75, 3.05) is 20.8 Å². The molecule has 0 aliphatic rings. The lowest BCUT2D eigenvalue weighted by atomic mass is 10.1. The number of hydrogen-bond donors (Lipinski definition) is 2. The zero-order valence-electron chi connectivity index (χ0n) is 16.7. The van der Waals surface area contributed by atoms with Gasteiger partial charge in [0.2, 0.25) is 5.78 Å². The summed E-state index contributed by atoms with van der Waals surface area (Å²) in [6.07, 6.45) is 1.52. The highest BCUT2D eigenvalue weighted by Crippen LogP contribution is 2.34. The molecule has 0 unspecified atom stereocenters. The van der Waals surface area contributed by atoms with Gasteiger partial charge in [-0.1, -0.05) is 12.1 Å². The van der Waals surface area contributed by atoms with Crippen LogP contribution in [0.25, 0.3) is 21.3 Å². The van der Waals surface area contributed by atoms with Crippen molar-refractivity contribution in [1.82, 2.24) is 15.3 Å². The van der Waals surface area contributed by atoms with Gasteiger partial charge in [-0.05, 0) is 24.3 Å². The second-order valence-electron chi connectivity index (χ2n) is 6.59. The van der Waals surface area contributed by atoms with Crippen LogP contribution in [0.15, 0.2) is 48.0 Å². The predicted octanol–water partition coefficient (Wildman–Crippen LogP) is 4.06. The van der Waals surface area contributed by atoms with Gasteiger partial charge >= 0.3 is 0 Å². The lowest BCUT2D eigenvalue weighted by molar-refractivity contribution is 0.0900. The number of amides is 1. The van der Waals surface area contributed by atoms with Crippen molar-refractivity contribution in [1.29, 1.82) is 0 Å². The number of rotatable bonds is 7. The molecular formula is C22H18FN3O4S. The van der Waals surface area contributed by atoms with Gasteiger partial charge in [-0.2, -0.15) is 0 Å². The number of H-pyrrole nitrogens is 1. The number of halogens is 1. The summed E-state index contributed by atoms with van der Waals surface area (Å²) in [6.45, 7) is -0.237. The van der Waals surface area contributed by atoms with Crippen molar-refractivity contribution in [2.24, 2.45) is 0 Å². The lowest BCUT2D eigenvalue weighted by Gasteiger charge is -2.09. The van der Waals surface area contributed by atoms with E-state index in [-0.39, 0.29) is 24.0 Å². The van der Waals surface area contributed by atoms with Crippen molar-refractivity contribution >= 4 is 33.1 Å². The molecule has 0 fully saturated rings. The number of nitrogens with zero attached hydrogens (tertiary/aromatic N) is 1. The van der Waals surface area contributed by atoms with Gasteiger partial charge in [0.05, 0.1) is 37.4 Å². The number of carbonyl (C=O) groups excluding carboxylic acids is 2. The van der Waals surface area contributed by atoms with E-state index >= 15 is 0 Å². The summed E-state index contributed by atoms with van der Waals surface area (Å²) in [5.41, 5.74) is 1.70. The summed E-state index contributed by atoms with van der Waals surface area (Å²) in [5, 5.41) is 5.13. The smallest absolute Gasteiger partial charge is 0.251 e.